The van der Waals surface area contributed by atoms with E-state index >= 15 is 0 Å². The van der Waals surface area contributed by atoms with Gasteiger partial charge in [-0.3, -0.25) is 9.78 Å². The Kier molecular flexibility index (Phi) is 4.46. The first-order valence-corrected chi connectivity index (χ1v) is 10.6. The number of nitriles is 1. The lowest BCUT2D eigenvalue weighted by atomic mass is 9.85. The molecule has 0 N–H and O–H groups in total. The third-order valence-corrected chi connectivity index (χ3v) is 6.73. The van der Waals surface area contributed by atoms with Gasteiger partial charge in [-0.15, -0.1) is 0 Å². The number of rotatable bonds is 3. The van der Waals surface area contributed by atoms with Crippen molar-refractivity contribution in [1.29, 1.82) is 5.26 Å². The van der Waals surface area contributed by atoms with Crippen LogP contribution in [0.3, 0.4) is 0 Å². The number of likely N-dealkylation sites (tertiary alicyclic amines) is 1. The van der Waals surface area contributed by atoms with Crippen molar-refractivity contribution >= 4 is 11.7 Å². The molecule has 2 fully saturated rings. The maximum Gasteiger partial charge on any atom is 0.231 e. The van der Waals surface area contributed by atoms with Crippen LogP contribution in [0.1, 0.15) is 48.2 Å². The fourth-order valence-corrected chi connectivity index (χ4v) is 5.11. The molecule has 0 radical (unpaired) electrons. The topological polar surface area (TPSA) is 73.1 Å². The zero-order chi connectivity index (χ0) is 19.8. The number of aryl methyl sites for hydroxylation is 2. The minimum atomic E-state index is -0.348. The Balaban J connectivity index is 1.36. The summed E-state index contributed by atoms with van der Waals surface area (Å²) in [4.78, 5) is 26.7. The summed E-state index contributed by atoms with van der Waals surface area (Å²) in [7, 11) is 0. The van der Waals surface area contributed by atoms with Crippen molar-refractivity contribution in [2.45, 2.75) is 45.1 Å². The van der Waals surface area contributed by atoms with Crippen LogP contribution in [0.25, 0.3) is 0 Å². The highest BCUT2D eigenvalue weighted by Gasteiger charge is 2.51. The molecule has 5 rings (SSSR count). The molecule has 6 nitrogen and oxygen atoms in total. The van der Waals surface area contributed by atoms with E-state index in [9.17, 15) is 10.1 Å². The van der Waals surface area contributed by atoms with E-state index in [0.29, 0.717) is 18.7 Å². The van der Waals surface area contributed by atoms with Gasteiger partial charge in [-0.05, 0) is 62.3 Å². The minimum Gasteiger partial charge on any atom is -0.354 e. The van der Waals surface area contributed by atoms with E-state index in [1.807, 2.05) is 29.2 Å². The molecule has 6 heteroatoms. The van der Waals surface area contributed by atoms with Gasteiger partial charge in [-0.25, -0.2) is 4.98 Å². The number of anilines is 1. The van der Waals surface area contributed by atoms with Crippen molar-refractivity contribution in [3.63, 3.8) is 0 Å². The molecule has 1 atom stereocenters. The summed E-state index contributed by atoms with van der Waals surface area (Å²) in [6.07, 6.45) is 7.80. The van der Waals surface area contributed by atoms with E-state index in [0.717, 1.165) is 62.4 Å². The Morgan fingerprint density at radius 3 is 2.86 bits per heavy atom. The monoisotopic (exact) mass is 387 g/mol. The lowest BCUT2D eigenvalue weighted by molar-refractivity contribution is -0.135. The van der Waals surface area contributed by atoms with Gasteiger partial charge in [0.2, 0.25) is 5.91 Å². The molecular weight excluding hydrogens is 362 g/mol. The average molecular weight is 387 g/mol. The first kappa shape index (κ1) is 18.1. The second-order valence-corrected chi connectivity index (χ2v) is 8.53. The van der Waals surface area contributed by atoms with Gasteiger partial charge >= 0.3 is 0 Å². The van der Waals surface area contributed by atoms with Crippen LogP contribution in [0.2, 0.25) is 0 Å². The Morgan fingerprint density at radius 1 is 1.17 bits per heavy atom. The first-order valence-electron chi connectivity index (χ1n) is 10.6. The molecule has 0 aromatic carbocycles. The van der Waals surface area contributed by atoms with Crippen LogP contribution in [0.5, 0.6) is 0 Å². The second kappa shape index (κ2) is 7.14. The van der Waals surface area contributed by atoms with Gasteiger partial charge < -0.3 is 9.80 Å². The van der Waals surface area contributed by atoms with Crippen molar-refractivity contribution in [2.75, 3.05) is 24.5 Å². The summed E-state index contributed by atoms with van der Waals surface area (Å²) < 4.78 is 0. The number of amides is 1. The van der Waals surface area contributed by atoms with Gasteiger partial charge in [-0.1, -0.05) is 6.07 Å². The van der Waals surface area contributed by atoms with Crippen molar-refractivity contribution in [3.05, 3.63) is 53.0 Å². The maximum atomic E-state index is 13.3. The molecule has 29 heavy (non-hydrogen) atoms. The molecule has 2 aromatic heterocycles. The van der Waals surface area contributed by atoms with Crippen LogP contribution in [-0.2, 0) is 24.2 Å². The fraction of sp³-hybridized carbons (Fsp3) is 0.478. The summed E-state index contributed by atoms with van der Waals surface area (Å²) in [5.74, 6) is 1.00. The van der Waals surface area contributed by atoms with E-state index < -0.39 is 0 Å². The lowest BCUT2D eigenvalue weighted by Gasteiger charge is -2.25. The molecule has 1 spiro atoms. The third-order valence-electron chi connectivity index (χ3n) is 6.73. The van der Waals surface area contributed by atoms with Crippen LogP contribution in [0, 0.1) is 16.7 Å². The highest BCUT2D eigenvalue weighted by atomic mass is 16.2. The van der Waals surface area contributed by atoms with E-state index in [2.05, 4.69) is 16.0 Å². The maximum absolute atomic E-state index is 13.3. The lowest BCUT2D eigenvalue weighted by Crippen LogP contribution is -2.37. The highest BCUT2D eigenvalue weighted by molar-refractivity contribution is 5.86. The Labute approximate surface area is 171 Å². The molecule has 2 aromatic rings. The van der Waals surface area contributed by atoms with E-state index in [4.69, 9.17) is 4.98 Å². The Hall–Kier alpha value is -2.94. The van der Waals surface area contributed by atoms with Crippen molar-refractivity contribution in [2.24, 2.45) is 5.41 Å². The molecule has 4 heterocycles. The van der Waals surface area contributed by atoms with Crippen LogP contribution < -0.4 is 4.90 Å². The molecule has 1 unspecified atom stereocenters. The zero-order valence-corrected chi connectivity index (χ0v) is 16.6. The van der Waals surface area contributed by atoms with Crippen molar-refractivity contribution < 1.29 is 4.79 Å². The molecule has 0 bridgehead atoms. The molecule has 2 saturated heterocycles. The number of nitrogens with zero attached hydrogens (tertiary/aromatic N) is 5. The largest absolute Gasteiger partial charge is 0.354 e. The molecule has 0 saturated carbocycles. The van der Waals surface area contributed by atoms with Crippen LogP contribution in [0.4, 0.5) is 5.82 Å². The number of hydrogen-bond acceptors (Lipinski definition) is 5. The van der Waals surface area contributed by atoms with Crippen LogP contribution >= 0.6 is 0 Å². The number of carbonyl (C=O) groups excluding carboxylic acids is 1. The number of aromatic nitrogens is 2. The summed E-state index contributed by atoms with van der Waals surface area (Å²) in [5, 5.41) is 9.70. The van der Waals surface area contributed by atoms with Crippen molar-refractivity contribution in [3.8, 4) is 6.07 Å². The quantitative estimate of drug-likeness (QED) is 0.810. The SMILES string of the molecule is N#Cc1cc2c(nc1N1CCC3(CCN(Cc4ccccn4)C3=O)C1)CCCC2. The molecule has 148 valence electrons. The molecule has 3 aliphatic rings. The molecule has 1 aliphatic carbocycles. The van der Waals surface area contributed by atoms with Gasteiger partial charge in [0.05, 0.1) is 23.2 Å². The van der Waals surface area contributed by atoms with Gasteiger partial charge in [0.15, 0.2) is 0 Å². The van der Waals surface area contributed by atoms with Crippen LogP contribution in [0.15, 0.2) is 30.5 Å². The highest BCUT2D eigenvalue weighted by Crippen LogP contribution is 2.43. The number of pyridine rings is 2. The molecule has 2 aliphatic heterocycles. The zero-order valence-electron chi connectivity index (χ0n) is 16.6. The normalized spacial score (nSPS) is 23.5. The third kappa shape index (κ3) is 3.15. The van der Waals surface area contributed by atoms with Gasteiger partial charge in [0.25, 0.3) is 0 Å². The Bertz CT molecular complexity index is 983. The van der Waals surface area contributed by atoms with Crippen molar-refractivity contribution in [1.82, 2.24) is 14.9 Å². The van der Waals surface area contributed by atoms with Crippen LogP contribution in [-0.4, -0.2) is 40.4 Å². The predicted molar refractivity (Wildman–Crippen MR) is 109 cm³/mol. The summed E-state index contributed by atoms with van der Waals surface area (Å²) in [5.41, 5.74) is 3.60. The average Bonchev–Trinajstić information content (AvgIpc) is 3.33. The molecule has 1 amide bonds. The number of hydrogen-bond donors (Lipinski definition) is 0. The minimum absolute atomic E-state index is 0.224. The summed E-state index contributed by atoms with van der Waals surface area (Å²) in [6, 6.07) is 10.2. The van der Waals surface area contributed by atoms with Gasteiger partial charge in [0.1, 0.15) is 11.9 Å². The van der Waals surface area contributed by atoms with E-state index in [1.165, 1.54) is 12.0 Å². The fourth-order valence-electron chi connectivity index (χ4n) is 5.11. The first-order chi connectivity index (χ1) is 14.2. The van der Waals surface area contributed by atoms with Gasteiger partial charge in [-0.2, -0.15) is 5.26 Å². The van der Waals surface area contributed by atoms with E-state index in [1.54, 1.807) is 6.20 Å². The summed E-state index contributed by atoms with van der Waals surface area (Å²) >= 11 is 0. The number of carbonyl (C=O) groups is 1. The van der Waals surface area contributed by atoms with Gasteiger partial charge in [0, 0.05) is 31.5 Å². The standard InChI is InChI=1S/C23H25N5O/c24-14-18-13-17-5-1-2-7-20(17)26-21(18)28-12-9-23(16-28)8-11-27(22(23)29)15-19-6-3-4-10-25-19/h3-4,6,10,13H,1-2,5,7-9,11-12,15-16H2. The molecular formula is C23H25N5O. The smallest absolute Gasteiger partial charge is 0.231 e. The predicted octanol–water partition coefficient (Wildman–Crippen LogP) is 2.86. The second-order valence-electron chi connectivity index (χ2n) is 8.53. The summed E-state index contributed by atoms with van der Waals surface area (Å²) in [6.45, 7) is 2.78. The van der Waals surface area contributed by atoms with E-state index in [-0.39, 0.29) is 11.3 Å². The number of fused-ring (bicyclic) bond motifs is 1. The Morgan fingerprint density at radius 2 is 2.03 bits per heavy atom.